The van der Waals surface area contributed by atoms with Crippen molar-refractivity contribution in [1.29, 1.82) is 5.41 Å². The monoisotopic (exact) mass is 258 g/mol. The normalized spacial score (nSPS) is 18.2. The number of fused-ring (bicyclic) bond motifs is 1. The van der Waals surface area contributed by atoms with E-state index in [0.29, 0.717) is 11.7 Å². The topological polar surface area (TPSA) is 27.1 Å². The Morgan fingerprint density at radius 3 is 2.75 bits per heavy atom. The van der Waals surface area contributed by atoms with Crippen LogP contribution in [0.5, 0.6) is 0 Å². The van der Waals surface area contributed by atoms with Gasteiger partial charge in [-0.25, -0.2) is 0 Å². The Morgan fingerprint density at radius 1 is 1.38 bits per heavy atom. The third kappa shape index (κ3) is 2.18. The largest absolute Gasteiger partial charge is 0.333 e. The fourth-order valence-corrected chi connectivity index (χ4v) is 2.33. The van der Waals surface area contributed by atoms with Gasteiger partial charge in [0.15, 0.2) is 0 Å². The van der Waals surface area contributed by atoms with Gasteiger partial charge in [-0.2, -0.15) is 0 Å². The highest BCUT2D eigenvalue weighted by Crippen LogP contribution is 2.38. The third-order valence-electron chi connectivity index (χ3n) is 2.99. The van der Waals surface area contributed by atoms with Gasteiger partial charge < -0.3 is 4.90 Å². The van der Waals surface area contributed by atoms with E-state index in [9.17, 15) is 0 Å². The summed E-state index contributed by atoms with van der Waals surface area (Å²) in [5, 5.41) is 8.06. The molecule has 0 aliphatic carbocycles. The van der Waals surface area contributed by atoms with Crippen LogP contribution in [0.3, 0.4) is 0 Å². The van der Waals surface area contributed by atoms with Crippen LogP contribution in [-0.2, 0) is 0 Å². The molecule has 0 spiro atoms. The molecule has 2 rings (SSSR count). The third-order valence-corrected chi connectivity index (χ3v) is 3.26. The standard InChI is InChI=1S/C12H15ClN2.ClH/c1-15-11-7-3-2-5-9(11)10(12(15)14)6-4-8-13;/h2-3,5,7,10,14H,4,6,8H2,1H3;1H. The second-order valence-corrected chi connectivity index (χ2v) is 4.26. The minimum Gasteiger partial charge on any atom is -0.333 e. The van der Waals surface area contributed by atoms with E-state index in [0.717, 1.165) is 12.8 Å². The molecule has 0 aromatic heterocycles. The molecule has 1 aliphatic rings. The Hall–Kier alpha value is -0.730. The zero-order chi connectivity index (χ0) is 10.8. The van der Waals surface area contributed by atoms with Crippen LogP contribution in [0.25, 0.3) is 0 Å². The molecular formula is C12H16Cl2N2. The average molecular weight is 259 g/mol. The second kappa shape index (κ2) is 5.55. The van der Waals surface area contributed by atoms with Gasteiger partial charge in [0.25, 0.3) is 0 Å². The van der Waals surface area contributed by atoms with Crippen molar-refractivity contribution in [1.82, 2.24) is 0 Å². The molecule has 1 heterocycles. The molecule has 0 radical (unpaired) electrons. The molecule has 0 saturated heterocycles. The molecule has 1 atom stereocenters. The molecule has 16 heavy (non-hydrogen) atoms. The highest BCUT2D eigenvalue weighted by atomic mass is 35.5. The molecule has 1 aromatic rings. The van der Waals surface area contributed by atoms with Crippen LogP contribution in [-0.4, -0.2) is 18.8 Å². The minimum atomic E-state index is 0. The first kappa shape index (κ1) is 13.3. The highest BCUT2D eigenvalue weighted by molar-refractivity contribution is 6.17. The summed E-state index contributed by atoms with van der Waals surface area (Å²) in [6.07, 6.45) is 1.94. The van der Waals surface area contributed by atoms with Crippen LogP contribution in [0.15, 0.2) is 24.3 Å². The predicted molar refractivity (Wildman–Crippen MR) is 72.5 cm³/mol. The van der Waals surface area contributed by atoms with Crippen molar-refractivity contribution in [3.8, 4) is 0 Å². The molecule has 0 saturated carbocycles. The maximum absolute atomic E-state index is 8.06. The van der Waals surface area contributed by atoms with E-state index in [1.54, 1.807) is 0 Å². The summed E-state index contributed by atoms with van der Waals surface area (Å²) < 4.78 is 0. The summed E-state index contributed by atoms with van der Waals surface area (Å²) in [6, 6.07) is 8.25. The summed E-state index contributed by atoms with van der Waals surface area (Å²) in [7, 11) is 1.96. The quantitative estimate of drug-likeness (QED) is 0.824. The first-order chi connectivity index (χ1) is 7.25. The Balaban J connectivity index is 0.00000128. The number of para-hydroxylation sites is 1. The predicted octanol–water partition coefficient (Wildman–Crippen LogP) is 3.64. The smallest absolute Gasteiger partial charge is 0.108 e. The van der Waals surface area contributed by atoms with Gasteiger partial charge in [0, 0.05) is 24.5 Å². The number of halogens is 2. The number of amidine groups is 1. The molecule has 0 fully saturated rings. The summed E-state index contributed by atoms with van der Waals surface area (Å²) in [5.41, 5.74) is 2.44. The van der Waals surface area contributed by atoms with Crippen LogP contribution >= 0.6 is 24.0 Å². The zero-order valence-corrected chi connectivity index (χ0v) is 10.8. The zero-order valence-electron chi connectivity index (χ0n) is 9.24. The van der Waals surface area contributed by atoms with E-state index < -0.39 is 0 Å². The number of hydrogen-bond donors (Lipinski definition) is 1. The summed E-state index contributed by atoms with van der Waals surface area (Å²) in [6.45, 7) is 0. The molecule has 4 heteroatoms. The lowest BCUT2D eigenvalue weighted by molar-refractivity contribution is 0.754. The molecule has 0 amide bonds. The molecular weight excluding hydrogens is 243 g/mol. The molecule has 1 unspecified atom stereocenters. The number of hydrogen-bond acceptors (Lipinski definition) is 1. The van der Waals surface area contributed by atoms with Gasteiger partial charge >= 0.3 is 0 Å². The van der Waals surface area contributed by atoms with E-state index in [4.69, 9.17) is 17.0 Å². The van der Waals surface area contributed by atoms with Gasteiger partial charge in [-0.15, -0.1) is 24.0 Å². The molecule has 1 aromatic carbocycles. The lowest BCUT2D eigenvalue weighted by Gasteiger charge is -2.13. The van der Waals surface area contributed by atoms with Crippen molar-refractivity contribution in [2.45, 2.75) is 18.8 Å². The Labute approximate surface area is 108 Å². The Kier molecular flexibility index (Phi) is 4.63. The fourth-order valence-electron chi connectivity index (χ4n) is 2.17. The number of alkyl halides is 1. The van der Waals surface area contributed by atoms with E-state index in [1.807, 2.05) is 24.1 Å². The number of benzene rings is 1. The van der Waals surface area contributed by atoms with Gasteiger partial charge in [0.1, 0.15) is 5.84 Å². The minimum absolute atomic E-state index is 0. The van der Waals surface area contributed by atoms with E-state index >= 15 is 0 Å². The lowest BCUT2D eigenvalue weighted by atomic mass is 9.96. The number of anilines is 1. The molecule has 88 valence electrons. The number of nitrogens with one attached hydrogen (secondary N) is 1. The van der Waals surface area contributed by atoms with Crippen LogP contribution in [0, 0.1) is 5.41 Å². The summed E-state index contributed by atoms with van der Waals surface area (Å²) >= 11 is 5.71. The summed E-state index contributed by atoms with van der Waals surface area (Å²) in [5.74, 6) is 1.61. The molecule has 2 nitrogen and oxygen atoms in total. The lowest BCUT2D eigenvalue weighted by Crippen LogP contribution is -2.23. The van der Waals surface area contributed by atoms with Crippen molar-refractivity contribution < 1.29 is 0 Å². The second-order valence-electron chi connectivity index (χ2n) is 3.89. The molecule has 0 bridgehead atoms. The van der Waals surface area contributed by atoms with Crippen LogP contribution in [0.1, 0.15) is 24.3 Å². The Bertz CT molecular complexity index is 379. The van der Waals surface area contributed by atoms with Crippen molar-refractivity contribution in [2.24, 2.45) is 0 Å². The van der Waals surface area contributed by atoms with Crippen LogP contribution in [0.4, 0.5) is 5.69 Å². The first-order valence-corrected chi connectivity index (χ1v) is 5.76. The fraction of sp³-hybridized carbons (Fsp3) is 0.417. The van der Waals surface area contributed by atoms with Crippen LogP contribution in [0.2, 0.25) is 0 Å². The Morgan fingerprint density at radius 2 is 2.06 bits per heavy atom. The maximum atomic E-state index is 8.06. The van der Waals surface area contributed by atoms with Gasteiger partial charge in [-0.1, -0.05) is 18.2 Å². The van der Waals surface area contributed by atoms with Crippen molar-refractivity contribution >= 4 is 35.5 Å². The first-order valence-electron chi connectivity index (χ1n) is 5.22. The van der Waals surface area contributed by atoms with Crippen molar-refractivity contribution in [2.75, 3.05) is 17.8 Å². The number of likely N-dealkylation sites (N-methyl/N-ethyl adjacent to an activating group) is 1. The van der Waals surface area contributed by atoms with Crippen molar-refractivity contribution in [3.05, 3.63) is 29.8 Å². The SMILES string of the molecule is CN1C(=N)C(CCCCl)c2ccccc21.Cl. The van der Waals surface area contributed by atoms with Gasteiger partial charge in [-0.3, -0.25) is 5.41 Å². The van der Waals surface area contributed by atoms with Gasteiger partial charge in [0.2, 0.25) is 0 Å². The maximum Gasteiger partial charge on any atom is 0.108 e. The number of nitrogens with zero attached hydrogens (tertiary/aromatic N) is 1. The summed E-state index contributed by atoms with van der Waals surface area (Å²) in [4.78, 5) is 1.97. The van der Waals surface area contributed by atoms with Crippen molar-refractivity contribution in [3.63, 3.8) is 0 Å². The van der Waals surface area contributed by atoms with E-state index in [-0.39, 0.29) is 18.3 Å². The van der Waals surface area contributed by atoms with Crippen LogP contribution < -0.4 is 4.90 Å². The van der Waals surface area contributed by atoms with E-state index in [2.05, 4.69) is 12.1 Å². The van der Waals surface area contributed by atoms with Gasteiger partial charge in [0.05, 0.1) is 0 Å². The van der Waals surface area contributed by atoms with E-state index in [1.165, 1.54) is 11.3 Å². The van der Waals surface area contributed by atoms with Gasteiger partial charge in [-0.05, 0) is 24.5 Å². The molecule has 1 N–H and O–H groups in total. The molecule has 1 aliphatic heterocycles. The average Bonchev–Trinajstić information content (AvgIpc) is 2.51. The number of rotatable bonds is 3. The highest BCUT2D eigenvalue weighted by Gasteiger charge is 2.30.